The summed E-state index contributed by atoms with van der Waals surface area (Å²) in [5.41, 5.74) is 1.79. The van der Waals surface area contributed by atoms with Gasteiger partial charge in [0, 0.05) is 29.6 Å². The maximum Gasteiger partial charge on any atom is 0.409 e. The second kappa shape index (κ2) is 10.3. The van der Waals surface area contributed by atoms with E-state index in [0.29, 0.717) is 22.9 Å². The van der Waals surface area contributed by atoms with Crippen molar-refractivity contribution in [3.63, 3.8) is 0 Å². The van der Waals surface area contributed by atoms with Gasteiger partial charge in [-0.3, -0.25) is 14.8 Å². The third kappa shape index (κ3) is 6.80. The number of ether oxygens (including phenoxy) is 1. The Hall–Kier alpha value is -3.56. The van der Waals surface area contributed by atoms with Gasteiger partial charge in [-0.2, -0.15) is 13.2 Å². The van der Waals surface area contributed by atoms with Gasteiger partial charge in [0.2, 0.25) is 5.91 Å². The molecule has 0 spiro atoms. The monoisotopic (exact) mass is 420 g/mol. The molecule has 0 aromatic heterocycles. The Balaban J connectivity index is 2.39. The average Bonchev–Trinajstić information content (AvgIpc) is 2.77. The van der Waals surface area contributed by atoms with E-state index in [1.807, 2.05) is 0 Å². The summed E-state index contributed by atoms with van der Waals surface area (Å²) in [5.74, 6) is -1.51. The molecule has 30 heavy (non-hydrogen) atoms. The fourth-order valence-electron chi connectivity index (χ4n) is 2.44. The Labute approximate surface area is 170 Å². The number of alkyl halides is 3. The van der Waals surface area contributed by atoms with E-state index >= 15 is 0 Å². The molecule has 158 valence electrons. The molecule has 0 unspecified atom stereocenters. The summed E-state index contributed by atoms with van der Waals surface area (Å²) in [6.45, 7) is 3.60. The predicted octanol–water partition coefficient (Wildman–Crippen LogP) is 3.48. The topological polar surface area (TPSA) is 92.5 Å². The normalized spacial score (nSPS) is 17.2. The van der Waals surface area contributed by atoms with Crippen LogP contribution in [0.4, 0.5) is 18.9 Å². The lowest BCUT2D eigenvalue weighted by Crippen LogP contribution is -2.16. The number of carbonyl (C=O) groups excluding carboxylic acids is 2. The van der Waals surface area contributed by atoms with E-state index < -0.39 is 18.1 Å². The summed E-state index contributed by atoms with van der Waals surface area (Å²) in [7, 11) is 0. The van der Waals surface area contributed by atoms with Gasteiger partial charge in [0.15, 0.2) is 0 Å². The number of allylic oxidation sites excluding steroid dienone is 2. The van der Waals surface area contributed by atoms with Crippen molar-refractivity contribution in [3.8, 4) is 0 Å². The molecule has 0 saturated heterocycles. The Morgan fingerprint density at radius 2 is 2.03 bits per heavy atom. The first-order chi connectivity index (χ1) is 14.2. The molecule has 1 aliphatic heterocycles. The van der Waals surface area contributed by atoms with Gasteiger partial charge in [0.05, 0.1) is 17.9 Å². The molecular formula is C20H19F3N4O3. The zero-order valence-corrected chi connectivity index (χ0v) is 16.2. The molecule has 0 aliphatic carbocycles. The number of halogens is 3. The molecule has 10 heteroatoms. The first-order valence-corrected chi connectivity index (χ1v) is 8.83. The van der Waals surface area contributed by atoms with E-state index in [1.165, 1.54) is 24.7 Å². The number of hydrogen-bond donors (Lipinski definition) is 1. The predicted molar refractivity (Wildman–Crippen MR) is 108 cm³/mol. The molecule has 0 atom stereocenters. The van der Waals surface area contributed by atoms with Crippen molar-refractivity contribution < 1.29 is 27.5 Å². The molecule has 1 aliphatic rings. The summed E-state index contributed by atoms with van der Waals surface area (Å²) in [6.07, 6.45) is -1.68. The van der Waals surface area contributed by atoms with Crippen LogP contribution in [0.25, 0.3) is 0 Å². The fraction of sp³-hybridized carbons (Fsp3) is 0.250. The van der Waals surface area contributed by atoms with E-state index in [1.54, 1.807) is 26.0 Å². The zero-order chi connectivity index (χ0) is 22.1. The van der Waals surface area contributed by atoms with Gasteiger partial charge < -0.3 is 10.1 Å². The number of hydrogen-bond acceptors (Lipinski definition) is 6. The maximum absolute atomic E-state index is 12.3. The Morgan fingerprint density at radius 3 is 2.73 bits per heavy atom. The van der Waals surface area contributed by atoms with Gasteiger partial charge in [-0.15, -0.1) is 0 Å². The van der Waals surface area contributed by atoms with Crippen molar-refractivity contribution in [2.45, 2.75) is 20.0 Å². The standard InChI is InChI=1S/C20H19F3N4O3/c1-3-30-19(29)16-10-24-11-25-12-26-18(13(16)2)14-5-4-6-15(9-14)27-17(28)7-8-20(21,22)23/h4-10,12H,3,11H2,1-2H3,(H,27,28)/b8-7+,16-13-,24-10?,25-12?,26-18?. The molecular weight excluding hydrogens is 401 g/mol. The van der Waals surface area contributed by atoms with E-state index in [9.17, 15) is 22.8 Å². The van der Waals surface area contributed by atoms with E-state index in [2.05, 4.69) is 20.3 Å². The number of anilines is 1. The SMILES string of the molecule is CCOC(=O)/C1=C(/C)C(c2cccc(NC(=O)/C=C/C(F)(F)F)c2)=NC=NCN=C1. The van der Waals surface area contributed by atoms with Crippen LogP contribution in [-0.2, 0) is 14.3 Å². The number of rotatable bonds is 5. The molecule has 1 N–H and O–H groups in total. The van der Waals surface area contributed by atoms with Crippen LogP contribution in [0.2, 0.25) is 0 Å². The molecule has 0 fully saturated rings. The van der Waals surface area contributed by atoms with Gasteiger partial charge in [-0.05, 0) is 31.6 Å². The highest BCUT2D eigenvalue weighted by Crippen LogP contribution is 2.19. The van der Waals surface area contributed by atoms with E-state index in [0.717, 1.165) is 0 Å². The molecule has 1 heterocycles. The highest BCUT2D eigenvalue weighted by Gasteiger charge is 2.22. The lowest BCUT2D eigenvalue weighted by Gasteiger charge is -2.12. The number of aliphatic imine (C=N–C) groups is 3. The van der Waals surface area contributed by atoms with Crippen LogP contribution < -0.4 is 5.32 Å². The van der Waals surface area contributed by atoms with Crippen molar-refractivity contribution in [2.24, 2.45) is 15.0 Å². The second-order valence-electron chi connectivity index (χ2n) is 5.93. The van der Waals surface area contributed by atoms with Crippen LogP contribution in [0, 0.1) is 0 Å². The smallest absolute Gasteiger partial charge is 0.409 e. The summed E-state index contributed by atoms with van der Waals surface area (Å²) in [6, 6.07) is 6.30. The molecule has 1 aromatic carbocycles. The van der Waals surface area contributed by atoms with Crippen LogP contribution in [-0.4, -0.2) is 49.6 Å². The van der Waals surface area contributed by atoms with Crippen LogP contribution >= 0.6 is 0 Å². The second-order valence-corrected chi connectivity index (χ2v) is 5.93. The van der Waals surface area contributed by atoms with Gasteiger partial charge in [-0.25, -0.2) is 9.79 Å². The Morgan fingerprint density at radius 1 is 1.27 bits per heavy atom. The summed E-state index contributed by atoms with van der Waals surface area (Å²) >= 11 is 0. The molecule has 1 aromatic rings. The number of nitrogens with one attached hydrogen (secondary N) is 1. The summed E-state index contributed by atoms with van der Waals surface area (Å²) in [4.78, 5) is 36.3. The molecule has 2 rings (SSSR count). The Bertz CT molecular complexity index is 960. The minimum absolute atomic E-state index is 0.0780. The summed E-state index contributed by atoms with van der Waals surface area (Å²) < 4.78 is 41.7. The highest BCUT2D eigenvalue weighted by molar-refractivity contribution is 6.23. The van der Waals surface area contributed by atoms with Crippen molar-refractivity contribution in [1.29, 1.82) is 0 Å². The van der Waals surface area contributed by atoms with Crippen molar-refractivity contribution in [1.82, 2.24) is 0 Å². The summed E-state index contributed by atoms with van der Waals surface area (Å²) in [5, 5.41) is 2.36. The van der Waals surface area contributed by atoms with Crippen LogP contribution in [0.1, 0.15) is 19.4 Å². The molecule has 0 bridgehead atoms. The molecule has 1 amide bonds. The third-order valence-corrected chi connectivity index (χ3v) is 3.73. The minimum Gasteiger partial charge on any atom is -0.462 e. The average molecular weight is 420 g/mol. The van der Waals surface area contributed by atoms with Crippen LogP contribution in [0.3, 0.4) is 0 Å². The van der Waals surface area contributed by atoms with Gasteiger partial charge in [0.1, 0.15) is 13.0 Å². The largest absolute Gasteiger partial charge is 0.462 e. The maximum atomic E-state index is 12.3. The van der Waals surface area contributed by atoms with E-state index in [4.69, 9.17) is 4.74 Å². The lowest BCUT2D eigenvalue weighted by atomic mass is 9.98. The third-order valence-electron chi connectivity index (χ3n) is 3.73. The van der Waals surface area contributed by atoms with Crippen molar-refractivity contribution in [2.75, 3.05) is 18.6 Å². The molecule has 0 saturated carbocycles. The fourth-order valence-corrected chi connectivity index (χ4v) is 2.44. The Kier molecular flexibility index (Phi) is 7.79. The highest BCUT2D eigenvalue weighted by atomic mass is 19.4. The van der Waals surface area contributed by atoms with E-state index in [-0.39, 0.29) is 30.6 Å². The minimum atomic E-state index is -4.59. The van der Waals surface area contributed by atoms with Gasteiger partial charge in [0.25, 0.3) is 0 Å². The zero-order valence-electron chi connectivity index (χ0n) is 16.2. The number of benzene rings is 1. The lowest BCUT2D eigenvalue weighted by molar-refractivity contribution is -0.137. The van der Waals surface area contributed by atoms with Gasteiger partial charge >= 0.3 is 12.1 Å². The van der Waals surface area contributed by atoms with Gasteiger partial charge in [-0.1, -0.05) is 12.1 Å². The molecule has 0 radical (unpaired) electrons. The number of nitrogens with zero attached hydrogens (tertiary/aromatic N) is 3. The van der Waals surface area contributed by atoms with Crippen LogP contribution in [0.15, 0.2) is 62.5 Å². The van der Waals surface area contributed by atoms with Crippen molar-refractivity contribution in [3.05, 3.63) is 53.1 Å². The first kappa shape index (κ1) is 22.7. The number of amides is 1. The molecule has 7 nitrogen and oxygen atoms in total. The van der Waals surface area contributed by atoms with Crippen molar-refractivity contribution >= 4 is 35.8 Å². The quantitative estimate of drug-likeness (QED) is 0.584. The van der Waals surface area contributed by atoms with Crippen LogP contribution in [0.5, 0.6) is 0 Å². The number of esters is 1. The first-order valence-electron chi connectivity index (χ1n) is 8.83. The number of carbonyl (C=O) groups is 2.